The minimum Gasteiger partial charge on any atom is -0.494 e. The molecule has 0 aromatic heterocycles. The van der Waals surface area contributed by atoms with Crippen molar-refractivity contribution in [3.05, 3.63) is 30.3 Å². The van der Waals surface area contributed by atoms with Gasteiger partial charge in [0.25, 0.3) is 0 Å². The van der Waals surface area contributed by atoms with Crippen LogP contribution in [-0.4, -0.2) is 57.4 Å². The molecule has 2 aliphatic rings. The van der Waals surface area contributed by atoms with Crippen LogP contribution in [0.15, 0.2) is 35.3 Å². The third kappa shape index (κ3) is 4.41. The number of hydrogen-bond acceptors (Lipinski definition) is 3. The molecule has 2 fully saturated rings. The van der Waals surface area contributed by atoms with Gasteiger partial charge in [-0.3, -0.25) is 4.99 Å². The van der Waals surface area contributed by atoms with Crippen LogP contribution in [0.5, 0.6) is 5.75 Å². The molecule has 0 radical (unpaired) electrons. The molecule has 0 saturated carbocycles. The highest BCUT2D eigenvalue weighted by atomic mass is 16.5. The van der Waals surface area contributed by atoms with Crippen molar-refractivity contribution in [2.75, 3.05) is 46.5 Å². The molecule has 3 rings (SSSR count). The molecule has 0 aliphatic carbocycles. The van der Waals surface area contributed by atoms with E-state index in [0.717, 1.165) is 64.0 Å². The average Bonchev–Trinajstić information content (AvgIpc) is 3.25. The Morgan fingerprint density at radius 2 is 2.17 bits per heavy atom. The Kier molecular flexibility index (Phi) is 5.96. The molecular weight excluding hydrogens is 302 g/mol. The minimum absolute atomic E-state index is 0.376. The molecule has 2 heterocycles. The summed E-state index contributed by atoms with van der Waals surface area (Å²) in [4.78, 5) is 6.83. The number of ether oxygens (including phenoxy) is 2. The largest absolute Gasteiger partial charge is 0.494 e. The number of rotatable bonds is 6. The fourth-order valence-corrected chi connectivity index (χ4v) is 3.55. The fourth-order valence-electron chi connectivity index (χ4n) is 3.55. The lowest BCUT2D eigenvalue weighted by atomic mass is 9.87. The molecule has 1 unspecified atom stereocenters. The number of likely N-dealkylation sites (tertiary alicyclic amines) is 1. The minimum atomic E-state index is 0.376. The van der Waals surface area contributed by atoms with E-state index in [0.29, 0.717) is 5.41 Å². The molecule has 2 aliphatic heterocycles. The molecular formula is C19H29N3O2. The Balaban J connectivity index is 1.32. The molecule has 24 heavy (non-hydrogen) atoms. The van der Waals surface area contributed by atoms with Crippen molar-refractivity contribution in [2.45, 2.75) is 25.7 Å². The van der Waals surface area contributed by atoms with Crippen molar-refractivity contribution >= 4 is 5.96 Å². The third-order valence-electron chi connectivity index (χ3n) is 5.00. The van der Waals surface area contributed by atoms with Crippen molar-refractivity contribution in [3.8, 4) is 5.75 Å². The van der Waals surface area contributed by atoms with E-state index >= 15 is 0 Å². The molecule has 1 aromatic carbocycles. The van der Waals surface area contributed by atoms with Crippen LogP contribution in [0.3, 0.4) is 0 Å². The maximum absolute atomic E-state index is 5.72. The maximum Gasteiger partial charge on any atom is 0.193 e. The normalized spacial score (nSPS) is 23.9. The molecule has 1 spiro atoms. The predicted molar refractivity (Wildman–Crippen MR) is 96.6 cm³/mol. The van der Waals surface area contributed by atoms with Crippen LogP contribution in [0, 0.1) is 5.41 Å². The molecule has 0 bridgehead atoms. The van der Waals surface area contributed by atoms with Crippen molar-refractivity contribution in [1.29, 1.82) is 0 Å². The first kappa shape index (κ1) is 17.1. The summed E-state index contributed by atoms with van der Waals surface area (Å²) >= 11 is 0. The van der Waals surface area contributed by atoms with Crippen molar-refractivity contribution in [2.24, 2.45) is 10.4 Å². The molecule has 1 aromatic rings. The fraction of sp³-hybridized carbons (Fsp3) is 0.632. The van der Waals surface area contributed by atoms with Crippen LogP contribution >= 0.6 is 0 Å². The van der Waals surface area contributed by atoms with E-state index in [1.54, 1.807) is 0 Å². The zero-order chi connectivity index (χ0) is 16.7. The van der Waals surface area contributed by atoms with Gasteiger partial charge in [-0.1, -0.05) is 18.2 Å². The van der Waals surface area contributed by atoms with Gasteiger partial charge in [-0.25, -0.2) is 0 Å². The highest BCUT2D eigenvalue weighted by Gasteiger charge is 2.42. The van der Waals surface area contributed by atoms with E-state index in [2.05, 4.69) is 15.2 Å². The standard InChI is InChI=1S/C19H29N3O2/c1-20-18(22-12-9-19(15-22)10-14-23-16-19)21-11-5-6-13-24-17-7-3-2-4-8-17/h2-4,7-8H,5-6,9-16H2,1H3,(H,20,21). The number of guanidine groups is 1. The van der Waals surface area contributed by atoms with Crippen molar-refractivity contribution < 1.29 is 9.47 Å². The lowest BCUT2D eigenvalue weighted by Crippen LogP contribution is -2.41. The van der Waals surface area contributed by atoms with Crippen LogP contribution in [-0.2, 0) is 4.74 Å². The van der Waals surface area contributed by atoms with E-state index in [-0.39, 0.29) is 0 Å². The smallest absolute Gasteiger partial charge is 0.193 e. The van der Waals surface area contributed by atoms with Gasteiger partial charge in [0.05, 0.1) is 13.2 Å². The zero-order valence-corrected chi connectivity index (χ0v) is 14.7. The van der Waals surface area contributed by atoms with Gasteiger partial charge in [0.2, 0.25) is 0 Å². The number of nitrogens with zero attached hydrogens (tertiary/aromatic N) is 2. The second kappa shape index (κ2) is 8.38. The number of benzene rings is 1. The van der Waals surface area contributed by atoms with Gasteiger partial charge in [0, 0.05) is 38.7 Å². The van der Waals surface area contributed by atoms with E-state index in [4.69, 9.17) is 9.47 Å². The number of unbranched alkanes of at least 4 members (excludes halogenated alkanes) is 1. The van der Waals surface area contributed by atoms with Crippen LogP contribution in [0.4, 0.5) is 0 Å². The molecule has 5 heteroatoms. The Hall–Kier alpha value is -1.75. The lowest BCUT2D eigenvalue weighted by molar-refractivity contribution is 0.156. The maximum atomic E-state index is 5.72. The third-order valence-corrected chi connectivity index (χ3v) is 5.00. The van der Waals surface area contributed by atoms with Crippen LogP contribution in [0.2, 0.25) is 0 Å². The van der Waals surface area contributed by atoms with E-state index in [1.807, 2.05) is 37.4 Å². The summed E-state index contributed by atoms with van der Waals surface area (Å²) in [6.07, 6.45) is 4.53. The molecule has 132 valence electrons. The number of nitrogens with one attached hydrogen (secondary N) is 1. The van der Waals surface area contributed by atoms with E-state index in [1.165, 1.54) is 12.8 Å². The van der Waals surface area contributed by atoms with Gasteiger partial charge in [-0.05, 0) is 37.8 Å². The van der Waals surface area contributed by atoms with Crippen LogP contribution < -0.4 is 10.1 Å². The van der Waals surface area contributed by atoms with Gasteiger partial charge in [-0.15, -0.1) is 0 Å². The predicted octanol–water partition coefficient (Wildman–Crippen LogP) is 2.53. The summed E-state index contributed by atoms with van der Waals surface area (Å²) in [7, 11) is 1.87. The second-order valence-corrected chi connectivity index (χ2v) is 6.82. The Morgan fingerprint density at radius 3 is 2.92 bits per heavy atom. The average molecular weight is 331 g/mol. The zero-order valence-electron chi connectivity index (χ0n) is 14.7. The highest BCUT2D eigenvalue weighted by molar-refractivity contribution is 5.80. The lowest BCUT2D eigenvalue weighted by Gasteiger charge is -2.24. The summed E-state index contributed by atoms with van der Waals surface area (Å²) in [5.41, 5.74) is 0.376. The number of aliphatic imine (C=N–C) groups is 1. The molecule has 2 saturated heterocycles. The highest BCUT2D eigenvalue weighted by Crippen LogP contribution is 2.38. The number of para-hydroxylation sites is 1. The quantitative estimate of drug-likeness (QED) is 0.494. The first-order chi connectivity index (χ1) is 11.8. The summed E-state index contributed by atoms with van der Waals surface area (Å²) in [5, 5.41) is 3.50. The topological polar surface area (TPSA) is 46.1 Å². The van der Waals surface area contributed by atoms with Crippen molar-refractivity contribution in [1.82, 2.24) is 10.2 Å². The first-order valence-electron chi connectivity index (χ1n) is 9.03. The summed E-state index contributed by atoms with van der Waals surface area (Å²) < 4.78 is 11.3. The SMILES string of the molecule is CN=C(NCCCCOc1ccccc1)N1CCC2(CCOC2)C1. The van der Waals surface area contributed by atoms with Gasteiger partial charge in [-0.2, -0.15) is 0 Å². The van der Waals surface area contributed by atoms with Crippen molar-refractivity contribution in [3.63, 3.8) is 0 Å². The molecule has 5 nitrogen and oxygen atoms in total. The summed E-state index contributed by atoms with van der Waals surface area (Å²) in [5.74, 6) is 1.98. The Bertz CT molecular complexity index is 527. The van der Waals surface area contributed by atoms with Crippen LogP contribution in [0.25, 0.3) is 0 Å². The Morgan fingerprint density at radius 1 is 1.29 bits per heavy atom. The molecule has 1 atom stereocenters. The van der Waals surface area contributed by atoms with Gasteiger partial charge in [0.15, 0.2) is 5.96 Å². The molecule has 0 amide bonds. The van der Waals surface area contributed by atoms with Gasteiger partial charge >= 0.3 is 0 Å². The van der Waals surface area contributed by atoms with Gasteiger partial charge in [0.1, 0.15) is 5.75 Å². The second-order valence-electron chi connectivity index (χ2n) is 6.82. The Labute approximate surface area is 145 Å². The van der Waals surface area contributed by atoms with E-state index in [9.17, 15) is 0 Å². The van der Waals surface area contributed by atoms with Gasteiger partial charge < -0.3 is 19.7 Å². The summed E-state index contributed by atoms with van der Waals surface area (Å²) in [6.45, 7) is 5.68. The monoisotopic (exact) mass is 331 g/mol. The first-order valence-corrected chi connectivity index (χ1v) is 9.03. The number of hydrogen-bond donors (Lipinski definition) is 1. The summed E-state index contributed by atoms with van der Waals surface area (Å²) in [6, 6.07) is 9.99. The molecule has 1 N–H and O–H groups in total. The van der Waals surface area contributed by atoms with E-state index < -0.39 is 0 Å². The van der Waals surface area contributed by atoms with Crippen LogP contribution in [0.1, 0.15) is 25.7 Å².